The van der Waals surface area contributed by atoms with Gasteiger partial charge in [-0.05, 0) is 30.5 Å². The number of aliphatic hydroxyl groups is 1. The number of thioether (sulfide) groups is 2. The summed E-state index contributed by atoms with van der Waals surface area (Å²) >= 11 is 4.19. The molecule has 3 rings (SSSR count). The number of anilines is 1. The normalized spacial score (nSPS) is 23.7. The highest BCUT2D eigenvalue weighted by molar-refractivity contribution is 8.06. The number of hydrogen-bond acceptors (Lipinski definition) is 5. The van der Waals surface area contributed by atoms with E-state index in [9.17, 15) is 5.11 Å². The molecule has 2 fully saturated rings. The summed E-state index contributed by atoms with van der Waals surface area (Å²) < 4.78 is 0. The summed E-state index contributed by atoms with van der Waals surface area (Å²) in [7, 11) is 0. The van der Waals surface area contributed by atoms with E-state index in [0.717, 1.165) is 44.3 Å². The van der Waals surface area contributed by atoms with Crippen LogP contribution in [-0.2, 0) is 6.54 Å². The molecule has 1 aromatic rings. The van der Waals surface area contributed by atoms with Crippen LogP contribution in [0.1, 0.15) is 18.4 Å². The van der Waals surface area contributed by atoms with Crippen LogP contribution in [0.3, 0.4) is 0 Å². The minimum absolute atomic E-state index is 0.101. The molecule has 22 heavy (non-hydrogen) atoms. The predicted octanol–water partition coefficient (Wildman–Crippen LogP) is 2.59. The molecule has 2 heterocycles. The third-order valence-electron chi connectivity index (χ3n) is 4.35. The minimum atomic E-state index is -0.101. The number of hydrogen-bond donors (Lipinski definition) is 2. The van der Waals surface area contributed by atoms with Gasteiger partial charge in [-0.1, -0.05) is 12.1 Å². The van der Waals surface area contributed by atoms with Crippen LogP contribution >= 0.6 is 23.5 Å². The van der Waals surface area contributed by atoms with E-state index in [1.54, 1.807) is 0 Å². The van der Waals surface area contributed by atoms with Gasteiger partial charge in [0.2, 0.25) is 0 Å². The third kappa shape index (κ3) is 4.82. The lowest BCUT2D eigenvalue weighted by Crippen LogP contribution is -2.35. The molecule has 0 spiro atoms. The molecule has 0 saturated carbocycles. The Hall–Kier alpha value is -0.360. The Bertz CT molecular complexity index is 440. The third-order valence-corrected chi connectivity index (χ3v) is 7.20. The molecule has 0 aliphatic carbocycles. The first-order valence-corrected chi connectivity index (χ1v) is 10.4. The van der Waals surface area contributed by atoms with E-state index in [1.807, 2.05) is 0 Å². The molecule has 1 unspecified atom stereocenters. The largest absolute Gasteiger partial charge is 0.393 e. The van der Waals surface area contributed by atoms with Gasteiger partial charge in [-0.15, -0.1) is 0 Å². The number of aliphatic hydroxyl groups excluding tert-OH is 1. The second-order valence-corrected chi connectivity index (χ2v) is 8.64. The van der Waals surface area contributed by atoms with Crippen LogP contribution < -0.4 is 10.2 Å². The molecular formula is C17H26N2OS2. The highest BCUT2D eigenvalue weighted by Crippen LogP contribution is 2.23. The van der Waals surface area contributed by atoms with Crippen molar-refractivity contribution in [2.24, 2.45) is 0 Å². The first-order valence-electron chi connectivity index (χ1n) is 8.23. The summed E-state index contributed by atoms with van der Waals surface area (Å²) in [5, 5.41) is 14.0. The Balaban J connectivity index is 1.43. The van der Waals surface area contributed by atoms with Gasteiger partial charge in [0.15, 0.2) is 0 Å². The highest BCUT2D eigenvalue weighted by Gasteiger charge is 2.17. The second-order valence-electron chi connectivity index (χ2n) is 6.08. The fourth-order valence-corrected chi connectivity index (χ4v) is 5.63. The second kappa shape index (κ2) is 8.48. The molecule has 5 heteroatoms. The van der Waals surface area contributed by atoms with Crippen molar-refractivity contribution in [3.05, 3.63) is 29.8 Å². The molecule has 2 saturated heterocycles. The van der Waals surface area contributed by atoms with Crippen LogP contribution in [0.2, 0.25) is 0 Å². The summed E-state index contributed by atoms with van der Waals surface area (Å²) in [6.45, 7) is 4.01. The zero-order chi connectivity index (χ0) is 15.2. The van der Waals surface area contributed by atoms with Crippen molar-refractivity contribution in [2.45, 2.75) is 30.7 Å². The van der Waals surface area contributed by atoms with Crippen molar-refractivity contribution in [2.75, 3.05) is 41.8 Å². The van der Waals surface area contributed by atoms with Crippen LogP contribution in [-0.4, -0.2) is 53.4 Å². The summed E-state index contributed by atoms with van der Waals surface area (Å²) in [6, 6.07) is 8.91. The lowest BCUT2D eigenvalue weighted by molar-refractivity contribution is 0.145. The van der Waals surface area contributed by atoms with E-state index in [0.29, 0.717) is 0 Å². The van der Waals surface area contributed by atoms with Gasteiger partial charge in [0.1, 0.15) is 0 Å². The molecule has 2 N–H and O–H groups in total. The number of benzene rings is 1. The molecule has 3 nitrogen and oxygen atoms in total. The van der Waals surface area contributed by atoms with E-state index in [4.69, 9.17) is 0 Å². The van der Waals surface area contributed by atoms with Crippen molar-refractivity contribution >= 4 is 29.2 Å². The van der Waals surface area contributed by atoms with Gasteiger partial charge in [0, 0.05) is 54.4 Å². The van der Waals surface area contributed by atoms with Gasteiger partial charge in [-0.2, -0.15) is 23.5 Å². The summed E-state index contributed by atoms with van der Waals surface area (Å²) in [6.07, 6.45) is 1.68. The summed E-state index contributed by atoms with van der Waals surface area (Å²) in [5.74, 6) is 3.91. The first kappa shape index (κ1) is 16.5. The van der Waals surface area contributed by atoms with Crippen molar-refractivity contribution in [1.29, 1.82) is 0 Å². The maximum Gasteiger partial charge on any atom is 0.0574 e. The molecular weight excluding hydrogens is 312 g/mol. The standard InChI is InChI=1S/C17H26N2OS2/c20-16-5-7-19(8-6-16)15-3-1-14(2-4-15)11-18-12-17-13-21-9-10-22-17/h1-4,16-18,20H,5-13H2. The summed E-state index contributed by atoms with van der Waals surface area (Å²) in [5.41, 5.74) is 2.64. The van der Waals surface area contributed by atoms with E-state index in [1.165, 1.54) is 28.5 Å². The fourth-order valence-electron chi connectivity index (χ4n) is 2.98. The van der Waals surface area contributed by atoms with Crippen LogP contribution in [0, 0.1) is 0 Å². The molecule has 2 aliphatic heterocycles. The Morgan fingerprint density at radius 2 is 1.91 bits per heavy atom. The Morgan fingerprint density at radius 3 is 2.59 bits per heavy atom. The molecule has 1 atom stereocenters. The van der Waals surface area contributed by atoms with E-state index in [-0.39, 0.29) is 6.10 Å². The van der Waals surface area contributed by atoms with Crippen LogP contribution in [0.5, 0.6) is 0 Å². The monoisotopic (exact) mass is 338 g/mol. The highest BCUT2D eigenvalue weighted by atomic mass is 32.2. The molecule has 2 aliphatic rings. The number of nitrogens with zero attached hydrogens (tertiary/aromatic N) is 1. The predicted molar refractivity (Wildman–Crippen MR) is 99.2 cm³/mol. The molecule has 0 bridgehead atoms. The molecule has 1 aromatic carbocycles. The van der Waals surface area contributed by atoms with Crippen LogP contribution in [0.15, 0.2) is 24.3 Å². The van der Waals surface area contributed by atoms with Crippen LogP contribution in [0.4, 0.5) is 5.69 Å². The van der Waals surface area contributed by atoms with Gasteiger partial charge >= 0.3 is 0 Å². The van der Waals surface area contributed by atoms with Gasteiger partial charge in [0.25, 0.3) is 0 Å². The first-order chi connectivity index (χ1) is 10.8. The van der Waals surface area contributed by atoms with Gasteiger partial charge in [-0.3, -0.25) is 0 Å². The number of nitrogens with one attached hydrogen (secondary N) is 1. The molecule has 122 valence electrons. The lowest BCUT2D eigenvalue weighted by Gasteiger charge is -2.31. The maximum absolute atomic E-state index is 9.58. The van der Waals surface area contributed by atoms with Gasteiger partial charge in [-0.25, -0.2) is 0 Å². The maximum atomic E-state index is 9.58. The number of rotatable bonds is 5. The topological polar surface area (TPSA) is 35.5 Å². The fraction of sp³-hybridized carbons (Fsp3) is 0.647. The zero-order valence-corrected chi connectivity index (χ0v) is 14.7. The average Bonchev–Trinajstić information content (AvgIpc) is 2.57. The lowest BCUT2D eigenvalue weighted by atomic mass is 10.1. The molecule has 0 amide bonds. The quantitative estimate of drug-likeness (QED) is 0.863. The van der Waals surface area contributed by atoms with Crippen molar-refractivity contribution < 1.29 is 5.11 Å². The Kier molecular flexibility index (Phi) is 6.36. The number of piperidine rings is 1. The van der Waals surface area contributed by atoms with Crippen molar-refractivity contribution in [3.63, 3.8) is 0 Å². The Labute approximate surface area is 142 Å². The van der Waals surface area contributed by atoms with E-state index < -0.39 is 0 Å². The van der Waals surface area contributed by atoms with Crippen molar-refractivity contribution in [1.82, 2.24) is 5.32 Å². The van der Waals surface area contributed by atoms with E-state index >= 15 is 0 Å². The molecule has 0 aromatic heterocycles. The smallest absolute Gasteiger partial charge is 0.0574 e. The van der Waals surface area contributed by atoms with Gasteiger partial charge < -0.3 is 15.3 Å². The van der Waals surface area contributed by atoms with Crippen LogP contribution in [0.25, 0.3) is 0 Å². The minimum Gasteiger partial charge on any atom is -0.393 e. The molecule has 0 radical (unpaired) electrons. The van der Waals surface area contributed by atoms with Crippen molar-refractivity contribution in [3.8, 4) is 0 Å². The van der Waals surface area contributed by atoms with E-state index in [2.05, 4.69) is 58.0 Å². The zero-order valence-electron chi connectivity index (χ0n) is 13.0. The Morgan fingerprint density at radius 1 is 1.14 bits per heavy atom. The average molecular weight is 339 g/mol. The SMILES string of the molecule is OC1CCN(c2ccc(CNCC3CSCCS3)cc2)CC1. The van der Waals surface area contributed by atoms with Gasteiger partial charge in [0.05, 0.1) is 6.10 Å². The summed E-state index contributed by atoms with van der Waals surface area (Å²) in [4.78, 5) is 2.37.